The molecule has 0 unspecified atom stereocenters. The zero-order valence-electron chi connectivity index (χ0n) is 17.1. The number of carboxylic acid groups (broad SMARTS) is 2. The summed E-state index contributed by atoms with van der Waals surface area (Å²) in [6, 6.07) is 6.96. The first-order valence-electron chi connectivity index (χ1n) is 9.64. The fourth-order valence-electron chi connectivity index (χ4n) is 3.33. The molecule has 1 aliphatic rings. The lowest BCUT2D eigenvalue weighted by atomic mass is 9.99. The van der Waals surface area contributed by atoms with Gasteiger partial charge in [0.15, 0.2) is 17.2 Å². The van der Waals surface area contributed by atoms with Gasteiger partial charge in [-0.15, -0.1) is 11.3 Å². The van der Waals surface area contributed by atoms with Gasteiger partial charge in [-0.05, 0) is 36.5 Å². The van der Waals surface area contributed by atoms with Gasteiger partial charge in [0.1, 0.15) is 10.8 Å². The van der Waals surface area contributed by atoms with Crippen molar-refractivity contribution in [2.45, 2.75) is 12.8 Å². The molecule has 1 saturated heterocycles. The summed E-state index contributed by atoms with van der Waals surface area (Å²) in [5.74, 6) is -1.91. The Bertz CT molecular complexity index is 1110. The van der Waals surface area contributed by atoms with Crippen molar-refractivity contribution in [1.82, 2.24) is 4.31 Å². The average molecular weight is 504 g/mol. The van der Waals surface area contributed by atoms with Crippen LogP contribution in [0.15, 0.2) is 24.3 Å². The number of nitrogens with zero attached hydrogens (tertiary/aromatic N) is 1. The van der Waals surface area contributed by atoms with Gasteiger partial charge in [-0.2, -0.15) is 0 Å². The Kier molecular flexibility index (Phi) is 7.65. The molecule has 12 heteroatoms. The number of hydrogen-bond acceptors (Lipinski definition) is 7. The average Bonchev–Trinajstić information content (AvgIpc) is 3.07. The van der Waals surface area contributed by atoms with Gasteiger partial charge < -0.3 is 19.7 Å². The molecule has 2 aromatic rings. The summed E-state index contributed by atoms with van der Waals surface area (Å²) in [7, 11) is -3.18. The fourth-order valence-corrected chi connectivity index (χ4v) is 5.61. The van der Waals surface area contributed by atoms with E-state index in [1.54, 1.807) is 24.3 Å². The van der Waals surface area contributed by atoms with Crippen molar-refractivity contribution in [2.75, 3.05) is 32.6 Å². The standard InChI is InChI=1S/C20H22ClNO8S2/c1-32(27,28)22-7-5-12(6-8-22)10-29-14-4-2-3-13(9-14)18-16(21)17(30-11-15(23)24)19(31-18)20(25)26/h2-4,9,12H,5-8,10-11H2,1H3,(H,23,24)(H,25,26). The van der Waals surface area contributed by atoms with Crippen molar-refractivity contribution in [3.8, 4) is 21.9 Å². The molecule has 174 valence electrons. The maximum absolute atomic E-state index is 11.6. The van der Waals surface area contributed by atoms with Crippen LogP contribution in [-0.2, 0) is 14.8 Å². The molecule has 9 nitrogen and oxygen atoms in total. The van der Waals surface area contributed by atoms with E-state index in [2.05, 4.69) is 0 Å². The van der Waals surface area contributed by atoms with E-state index in [0.717, 1.165) is 11.3 Å². The first-order valence-corrected chi connectivity index (χ1v) is 12.7. The summed E-state index contributed by atoms with van der Waals surface area (Å²) >= 11 is 7.22. The van der Waals surface area contributed by atoms with Crippen molar-refractivity contribution >= 4 is 44.9 Å². The van der Waals surface area contributed by atoms with Crippen LogP contribution in [0.2, 0.25) is 5.02 Å². The quantitative estimate of drug-likeness (QED) is 0.533. The second kappa shape index (κ2) is 10.1. The largest absolute Gasteiger partial charge is 0.493 e. The van der Waals surface area contributed by atoms with E-state index < -0.39 is 28.6 Å². The van der Waals surface area contributed by atoms with Gasteiger partial charge in [-0.1, -0.05) is 23.7 Å². The zero-order valence-corrected chi connectivity index (χ0v) is 19.5. The highest BCUT2D eigenvalue weighted by atomic mass is 35.5. The molecule has 0 saturated carbocycles. The number of aromatic carboxylic acids is 1. The third-order valence-corrected chi connectivity index (χ3v) is 7.95. The minimum atomic E-state index is -3.18. The predicted molar refractivity (Wildman–Crippen MR) is 119 cm³/mol. The number of ether oxygens (including phenoxy) is 2. The van der Waals surface area contributed by atoms with Crippen LogP contribution in [0.1, 0.15) is 22.5 Å². The molecule has 1 aliphatic heterocycles. The number of sulfonamides is 1. The number of rotatable bonds is 9. The second-order valence-electron chi connectivity index (χ2n) is 7.34. The third-order valence-electron chi connectivity index (χ3n) is 4.97. The van der Waals surface area contributed by atoms with Crippen molar-refractivity contribution < 1.29 is 37.7 Å². The summed E-state index contributed by atoms with van der Waals surface area (Å²) in [6.07, 6.45) is 2.62. The number of carboxylic acids is 2. The van der Waals surface area contributed by atoms with Crippen LogP contribution in [0.4, 0.5) is 0 Å². The Morgan fingerprint density at radius 1 is 1.22 bits per heavy atom. The molecule has 32 heavy (non-hydrogen) atoms. The SMILES string of the molecule is CS(=O)(=O)N1CCC(COc2cccc(-c3sc(C(=O)O)c(OCC(=O)O)c3Cl)c2)CC1. The molecule has 1 fully saturated rings. The predicted octanol–water partition coefficient (Wildman–Crippen LogP) is 3.28. The number of hydrogen-bond donors (Lipinski definition) is 2. The van der Waals surface area contributed by atoms with Crippen molar-refractivity contribution in [3.05, 3.63) is 34.2 Å². The van der Waals surface area contributed by atoms with Crippen LogP contribution >= 0.6 is 22.9 Å². The van der Waals surface area contributed by atoms with E-state index in [4.69, 9.17) is 26.2 Å². The first kappa shape index (κ1) is 24.3. The van der Waals surface area contributed by atoms with Crippen molar-refractivity contribution in [1.29, 1.82) is 0 Å². The maximum atomic E-state index is 11.6. The Balaban J connectivity index is 1.72. The molecule has 0 atom stereocenters. The highest BCUT2D eigenvalue weighted by Crippen LogP contribution is 2.46. The fraction of sp³-hybridized carbons (Fsp3) is 0.400. The van der Waals surface area contributed by atoms with Crippen molar-refractivity contribution in [3.63, 3.8) is 0 Å². The number of thiophene rings is 1. The van der Waals surface area contributed by atoms with Gasteiger partial charge in [0, 0.05) is 13.1 Å². The van der Waals surface area contributed by atoms with E-state index >= 15 is 0 Å². The lowest BCUT2D eigenvalue weighted by Gasteiger charge is -2.30. The molecule has 3 rings (SSSR count). The number of piperidine rings is 1. The molecular formula is C20H22ClNO8S2. The normalized spacial score (nSPS) is 15.4. The number of carbonyl (C=O) groups is 2. The lowest BCUT2D eigenvalue weighted by molar-refractivity contribution is -0.139. The minimum absolute atomic E-state index is 0.0268. The first-order chi connectivity index (χ1) is 15.1. The van der Waals surface area contributed by atoms with Gasteiger partial charge >= 0.3 is 11.9 Å². The highest BCUT2D eigenvalue weighted by Gasteiger charge is 2.26. The molecule has 0 radical (unpaired) electrons. The number of halogens is 1. The third kappa shape index (κ3) is 5.91. The van der Waals surface area contributed by atoms with Crippen LogP contribution < -0.4 is 9.47 Å². The van der Waals surface area contributed by atoms with Crippen LogP contribution in [0.5, 0.6) is 11.5 Å². The van der Waals surface area contributed by atoms with Crippen LogP contribution in [0, 0.1) is 5.92 Å². The van der Waals surface area contributed by atoms with E-state index in [1.807, 2.05) is 0 Å². The smallest absolute Gasteiger partial charge is 0.349 e. The molecule has 0 bridgehead atoms. The molecule has 0 amide bonds. The summed E-state index contributed by atoms with van der Waals surface area (Å²) in [4.78, 5) is 22.6. The molecule has 2 heterocycles. The van der Waals surface area contributed by atoms with E-state index in [0.29, 0.717) is 48.7 Å². The molecule has 1 aromatic heterocycles. The van der Waals surface area contributed by atoms with E-state index in [1.165, 1.54) is 10.6 Å². The molecule has 1 aromatic carbocycles. The summed E-state index contributed by atoms with van der Waals surface area (Å²) < 4.78 is 35.7. The zero-order chi connectivity index (χ0) is 23.5. The second-order valence-corrected chi connectivity index (χ2v) is 10.7. The lowest BCUT2D eigenvalue weighted by Crippen LogP contribution is -2.39. The Labute approximate surface area is 194 Å². The summed E-state index contributed by atoms with van der Waals surface area (Å²) in [5.41, 5.74) is 0.608. The molecular weight excluding hydrogens is 482 g/mol. The van der Waals surface area contributed by atoms with E-state index in [-0.39, 0.29) is 21.6 Å². The summed E-state index contributed by atoms with van der Waals surface area (Å²) in [5, 5.41) is 18.3. The van der Waals surface area contributed by atoms with E-state index in [9.17, 15) is 23.1 Å². The Morgan fingerprint density at radius 2 is 1.91 bits per heavy atom. The van der Waals surface area contributed by atoms with Gasteiger partial charge in [-0.3, -0.25) is 0 Å². The minimum Gasteiger partial charge on any atom is -0.493 e. The van der Waals surface area contributed by atoms with Gasteiger partial charge in [0.05, 0.1) is 17.7 Å². The van der Waals surface area contributed by atoms with Crippen molar-refractivity contribution in [2.24, 2.45) is 5.92 Å². The van der Waals surface area contributed by atoms with Crippen LogP contribution in [0.3, 0.4) is 0 Å². The van der Waals surface area contributed by atoms with Crippen LogP contribution in [-0.4, -0.2) is 67.4 Å². The van der Waals surface area contributed by atoms with Crippen LogP contribution in [0.25, 0.3) is 10.4 Å². The van der Waals surface area contributed by atoms with Gasteiger partial charge in [0.2, 0.25) is 10.0 Å². The monoisotopic (exact) mass is 503 g/mol. The highest BCUT2D eigenvalue weighted by molar-refractivity contribution is 7.88. The van der Waals surface area contributed by atoms with Gasteiger partial charge in [-0.25, -0.2) is 22.3 Å². The summed E-state index contributed by atoms with van der Waals surface area (Å²) in [6.45, 7) is 0.646. The molecule has 0 aliphatic carbocycles. The number of benzene rings is 1. The number of aliphatic carboxylic acids is 1. The Morgan fingerprint density at radius 3 is 2.50 bits per heavy atom. The Hall–Kier alpha value is -2.34. The molecule has 2 N–H and O–H groups in total. The maximum Gasteiger partial charge on any atom is 0.349 e. The van der Waals surface area contributed by atoms with Gasteiger partial charge in [0.25, 0.3) is 0 Å². The topological polar surface area (TPSA) is 130 Å². The molecule has 0 spiro atoms.